The number of ether oxygens (including phenoxy) is 1. The fourth-order valence-corrected chi connectivity index (χ4v) is 4.81. The monoisotopic (exact) mass is 566 g/mol. The van der Waals surface area contributed by atoms with Crippen LogP contribution < -0.4 is 20.7 Å². The van der Waals surface area contributed by atoms with E-state index in [4.69, 9.17) is 4.74 Å². The maximum absolute atomic E-state index is 13.4. The fraction of sp³-hybridized carbons (Fsp3) is 0.125. The second-order valence-electron chi connectivity index (χ2n) is 8.87. The van der Waals surface area contributed by atoms with Crippen molar-refractivity contribution in [2.75, 3.05) is 17.7 Å². The van der Waals surface area contributed by atoms with Crippen molar-refractivity contribution in [3.05, 3.63) is 120 Å². The lowest BCUT2D eigenvalue weighted by Crippen LogP contribution is -2.30. The summed E-state index contributed by atoms with van der Waals surface area (Å²) in [6, 6.07) is 26.5. The van der Waals surface area contributed by atoms with Gasteiger partial charge in [-0.05, 0) is 72.7 Å². The summed E-state index contributed by atoms with van der Waals surface area (Å²) in [5.41, 5.74) is 2.41. The topological polar surface area (TPSA) is 109 Å². The SMILES string of the molecule is CCC(Sc1cccc(NC(=O)/C(=C\c2ccc(OC)cc2)NC(=O)c2ccccc2)c1)C(=O)Nc1ccncc1. The molecule has 0 aliphatic heterocycles. The number of nitrogens with zero attached hydrogens (tertiary/aromatic N) is 1. The molecule has 4 rings (SSSR count). The molecule has 9 heteroatoms. The van der Waals surface area contributed by atoms with E-state index in [2.05, 4.69) is 20.9 Å². The van der Waals surface area contributed by atoms with Crippen LogP contribution in [0.5, 0.6) is 5.75 Å². The van der Waals surface area contributed by atoms with Gasteiger partial charge in [-0.3, -0.25) is 19.4 Å². The average molecular weight is 567 g/mol. The van der Waals surface area contributed by atoms with Gasteiger partial charge in [0, 0.05) is 34.2 Å². The average Bonchev–Trinajstić information content (AvgIpc) is 3.01. The summed E-state index contributed by atoms with van der Waals surface area (Å²) in [7, 11) is 1.58. The zero-order valence-corrected chi connectivity index (χ0v) is 23.5. The van der Waals surface area contributed by atoms with Gasteiger partial charge in [0.25, 0.3) is 11.8 Å². The predicted octanol–water partition coefficient (Wildman–Crippen LogP) is 6.01. The van der Waals surface area contributed by atoms with Gasteiger partial charge in [0.2, 0.25) is 5.91 Å². The molecule has 3 amide bonds. The Hall–Kier alpha value is -4.89. The van der Waals surface area contributed by atoms with Gasteiger partial charge in [0.15, 0.2) is 0 Å². The number of methoxy groups -OCH3 is 1. The number of pyridine rings is 1. The van der Waals surface area contributed by atoms with Gasteiger partial charge in [-0.25, -0.2) is 0 Å². The summed E-state index contributed by atoms with van der Waals surface area (Å²) >= 11 is 1.40. The van der Waals surface area contributed by atoms with Gasteiger partial charge in [0.1, 0.15) is 11.4 Å². The summed E-state index contributed by atoms with van der Waals surface area (Å²) in [5, 5.41) is 8.18. The van der Waals surface area contributed by atoms with Crippen molar-refractivity contribution in [1.82, 2.24) is 10.3 Å². The molecule has 0 bridgehead atoms. The molecule has 0 saturated heterocycles. The Morgan fingerprint density at radius 2 is 1.61 bits per heavy atom. The molecule has 0 fully saturated rings. The Labute approximate surface area is 243 Å². The second-order valence-corrected chi connectivity index (χ2v) is 10.1. The number of rotatable bonds is 11. The Kier molecular flexibility index (Phi) is 10.3. The highest BCUT2D eigenvalue weighted by molar-refractivity contribution is 8.00. The zero-order chi connectivity index (χ0) is 29.0. The first kappa shape index (κ1) is 29.1. The molecule has 0 saturated carbocycles. The largest absolute Gasteiger partial charge is 0.497 e. The molecule has 0 aliphatic carbocycles. The minimum Gasteiger partial charge on any atom is -0.497 e. The van der Waals surface area contributed by atoms with Crippen molar-refractivity contribution >= 4 is 46.9 Å². The Morgan fingerprint density at radius 3 is 2.29 bits per heavy atom. The van der Waals surface area contributed by atoms with Crippen molar-refractivity contribution in [3.63, 3.8) is 0 Å². The molecule has 1 unspecified atom stereocenters. The molecular formula is C32H30N4O4S. The maximum atomic E-state index is 13.4. The summed E-state index contributed by atoms with van der Waals surface area (Å²) in [6.45, 7) is 1.95. The highest BCUT2D eigenvalue weighted by atomic mass is 32.2. The maximum Gasteiger partial charge on any atom is 0.272 e. The highest BCUT2D eigenvalue weighted by Gasteiger charge is 2.19. The van der Waals surface area contributed by atoms with Crippen molar-refractivity contribution in [1.29, 1.82) is 0 Å². The summed E-state index contributed by atoms with van der Waals surface area (Å²) in [5.74, 6) is -0.340. The number of carbonyl (C=O) groups excluding carboxylic acids is 3. The molecule has 8 nitrogen and oxygen atoms in total. The Balaban J connectivity index is 1.50. The lowest BCUT2D eigenvalue weighted by Gasteiger charge is -2.16. The molecule has 3 N–H and O–H groups in total. The molecule has 1 heterocycles. The van der Waals surface area contributed by atoms with Crippen molar-refractivity contribution in [2.45, 2.75) is 23.5 Å². The van der Waals surface area contributed by atoms with Crippen LogP contribution in [-0.4, -0.2) is 35.1 Å². The minimum atomic E-state index is -0.491. The third kappa shape index (κ3) is 8.55. The molecule has 1 aromatic heterocycles. The van der Waals surface area contributed by atoms with Crippen molar-refractivity contribution in [2.24, 2.45) is 0 Å². The quantitative estimate of drug-likeness (QED) is 0.152. The molecule has 208 valence electrons. The van der Waals surface area contributed by atoms with Gasteiger partial charge >= 0.3 is 0 Å². The van der Waals surface area contributed by atoms with E-state index in [1.165, 1.54) is 11.8 Å². The number of hydrogen-bond acceptors (Lipinski definition) is 6. The van der Waals surface area contributed by atoms with Crippen LogP contribution in [0.15, 0.2) is 114 Å². The number of hydrogen-bond donors (Lipinski definition) is 3. The normalized spacial score (nSPS) is 11.7. The van der Waals surface area contributed by atoms with Crippen molar-refractivity contribution < 1.29 is 19.1 Å². The molecule has 3 aromatic carbocycles. The van der Waals surface area contributed by atoms with Gasteiger partial charge in [0.05, 0.1) is 12.4 Å². The van der Waals surface area contributed by atoms with Crippen molar-refractivity contribution in [3.8, 4) is 5.75 Å². The predicted molar refractivity (Wildman–Crippen MR) is 163 cm³/mol. The fourth-order valence-electron chi connectivity index (χ4n) is 3.80. The number of nitrogens with one attached hydrogen (secondary N) is 3. The summed E-state index contributed by atoms with van der Waals surface area (Å²) < 4.78 is 5.21. The number of carbonyl (C=O) groups is 3. The van der Waals surface area contributed by atoms with Crippen LogP contribution in [0.25, 0.3) is 6.08 Å². The van der Waals surface area contributed by atoms with Gasteiger partial charge in [-0.15, -0.1) is 11.8 Å². The van der Waals surface area contributed by atoms with Crippen LogP contribution in [0.1, 0.15) is 29.3 Å². The van der Waals surface area contributed by atoms with E-state index in [1.807, 2.05) is 19.1 Å². The Bertz CT molecular complexity index is 1510. The lowest BCUT2D eigenvalue weighted by atomic mass is 10.1. The van der Waals surface area contributed by atoms with E-state index >= 15 is 0 Å². The zero-order valence-electron chi connectivity index (χ0n) is 22.7. The minimum absolute atomic E-state index is 0.0743. The van der Waals surface area contributed by atoms with Crippen LogP contribution >= 0.6 is 11.8 Å². The van der Waals surface area contributed by atoms with Crippen LogP contribution in [0.3, 0.4) is 0 Å². The van der Waals surface area contributed by atoms with E-state index in [-0.39, 0.29) is 16.9 Å². The number of thioether (sulfide) groups is 1. The number of aromatic nitrogens is 1. The first-order chi connectivity index (χ1) is 19.9. The van der Waals surface area contributed by atoms with Gasteiger partial charge < -0.3 is 20.7 Å². The molecule has 0 spiro atoms. The molecule has 41 heavy (non-hydrogen) atoms. The Morgan fingerprint density at radius 1 is 0.878 bits per heavy atom. The van der Waals surface area contributed by atoms with Crippen LogP contribution in [0, 0.1) is 0 Å². The number of benzene rings is 3. The van der Waals surface area contributed by atoms with E-state index in [9.17, 15) is 14.4 Å². The van der Waals surface area contributed by atoms with Crippen LogP contribution in [-0.2, 0) is 9.59 Å². The molecule has 0 radical (unpaired) electrons. The second kappa shape index (κ2) is 14.5. The van der Waals surface area contributed by atoms with E-state index in [1.54, 1.807) is 104 Å². The van der Waals surface area contributed by atoms with Crippen LogP contribution in [0.2, 0.25) is 0 Å². The smallest absolute Gasteiger partial charge is 0.272 e. The lowest BCUT2D eigenvalue weighted by molar-refractivity contribution is -0.116. The van der Waals surface area contributed by atoms with Gasteiger partial charge in [-0.1, -0.05) is 43.3 Å². The number of amides is 3. The third-order valence-corrected chi connectivity index (χ3v) is 7.29. The standard InChI is InChI=1S/C32H30N4O4S/c1-3-29(32(39)34-24-16-18-33-19-17-24)41-27-11-7-10-25(21-27)35-31(38)28(20-22-12-14-26(40-2)15-13-22)36-30(37)23-8-5-4-6-9-23/h4-21,29H,3H2,1-2H3,(H,35,38)(H,36,37)(H,33,34,39)/b28-20+. The first-order valence-electron chi connectivity index (χ1n) is 13.0. The van der Waals surface area contributed by atoms with E-state index in [0.717, 1.165) is 4.90 Å². The van der Waals surface area contributed by atoms with Crippen LogP contribution in [0.4, 0.5) is 11.4 Å². The molecule has 0 aliphatic rings. The first-order valence-corrected chi connectivity index (χ1v) is 13.8. The third-order valence-electron chi connectivity index (χ3n) is 5.94. The molecule has 1 atom stereocenters. The number of anilines is 2. The molecular weight excluding hydrogens is 536 g/mol. The molecule has 4 aromatic rings. The van der Waals surface area contributed by atoms with E-state index in [0.29, 0.717) is 34.7 Å². The van der Waals surface area contributed by atoms with E-state index < -0.39 is 11.8 Å². The summed E-state index contributed by atoms with van der Waals surface area (Å²) in [4.78, 5) is 44.0. The van der Waals surface area contributed by atoms with Gasteiger partial charge in [-0.2, -0.15) is 0 Å². The summed E-state index contributed by atoms with van der Waals surface area (Å²) in [6.07, 6.45) is 5.45. The highest BCUT2D eigenvalue weighted by Crippen LogP contribution is 2.29.